The number of carbonyl (C=O) groups is 1. The van der Waals surface area contributed by atoms with Crippen LogP contribution in [0.4, 0.5) is 0 Å². The Balaban J connectivity index is 1.54. The van der Waals surface area contributed by atoms with E-state index in [1.54, 1.807) is 0 Å². The maximum atomic E-state index is 13.0. The van der Waals surface area contributed by atoms with Crippen molar-refractivity contribution in [1.29, 1.82) is 0 Å². The maximum absolute atomic E-state index is 13.0. The number of likely N-dealkylation sites (tertiary alicyclic amines) is 1. The van der Waals surface area contributed by atoms with Crippen LogP contribution in [0, 0.1) is 0 Å². The zero-order valence-electron chi connectivity index (χ0n) is 14.9. The fourth-order valence-electron chi connectivity index (χ4n) is 3.50. The first-order chi connectivity index (χ1) is 12.8. The minimum atomic E-state index is 0.00548. The molecule has 1 saturated heterocycles. The highest BCUT2D eigenvalue weighted by Crippen LogP contribution is 2.32. The lowest BCUT2D eigenvalue weighted by Crippen LogP contribution is -2.31. The molecular formula is C21H23N3O2. The highest BCUT2D eigenvalue weighted by atomic mass is 16.5. The lowest BCUT2D eigenvalue weighted by atomic mass is 10.1. The molecule has 2 heterocycles. The van der Waals surface area contributed by atoms with Crippen LogP contribution < -0.4 is 4.74 Å². The van der Waals surface area contributed by atoms with E-state index in [-0.39, 0.29) is 11.9 Å². The lowest BCUT2D eigenvalue weighted by Gasteiger charge is -2.23. The number of benzene rings is 2. The van der Waals surface area contributed by atoms with Gasteiger partial charge in [0.1, 0.15) is 11.6 Å². The van der Waals surface area contributed by atoms with Crippen molar-refractivity contribution in [3.63, 3.8) is 0 Å². The molecule has 0 radical (unpaired) electrons. The Kier molecular flexibility index (Phi) is 4.61. The molecule has 0 unspecified atom stereocenters. The van der Waals surface area contributed by atoms with Gasteiger partial charge < -0.3 is 14.6 Å². The van der Waals surface area contributed by atoms with Crippen LogP contribution in [0.1, 0.15) is 48.4 Å². The van der Waals surface area contributed by atoms with Crippen LogP contribution in [-0.2, 0) is 0 Å². The van der Waals surface area contributed by atoms with Crippen LogP contribution >= 0.6 is 0 Å². The van der Waals surface area contributed by atoms with Crippen molar-refractivity contribution < 1.29 is 9.53 Å². The van der Waals surface area contributed by atoms with Gasteiger partial charge in [-0.15, -0.1) is 0 Å². The third kappa shape index (κ3) is 3.17. The third-order valence-corrected chi connectivity index (χ3v) is 4.81. The number of fused-ring (bicyclic) bond motifs is 1. The summed E-state index contributed by atoms with van der Waals surface area (Å²) in [5.41, 5.74) is 2.65. The number of amides is 1. The Morgan fingerprint density at radius 2 is 2.04 bits per heavy atom. The number of H-pyrrole nitrogens is 1. The second kappa shape index (κ2) is 7.20. The fraction of sp³-hybridized carbons (Fsp3) is 0.333. The van der Waals surface area contributed by atoms with E-state index in [4.69, 9.17) is 9.72 Å². The Bertz CT molecular complexity index is 868. The number of ether oxygens (including phenoxy) is 1. The molecule has 0 aliphatic carbocycles. The summed E-state index contributed by atoms with van der Waals surface area (Å²) in [6.07, 6.45) is 2.89. The van der Waals surface area contributed by atoms with Crippen molar-refractivity contribution in [2.45, 2.75) is 32.2 Å². The van der Waals surface area contributed by atoms with Gasteiger partial charge in [-0.3, -0.25) is 4.79 Å². The number of nitrogens with zero attached hydrogens (tertiary/aromatic N) is 2. The molecule has 3 aromatic rings. The smallest absolute Gasteiger partial charge is 0.254 e. The highest BCUT2D eigenvalue weighted by Gasteiger charge is 2.32. The highest BCUT2D eigenvalue weighted by molar-refractivity contribution is 5.94. The Hall–Kier alpha value is -2.82. The van der Waals surface area contributed by atoms with Crippen molar-refractivity contribution in [3.05, 3.63) is 59.9 Å². The maximum Gasteiger partial charge on any atom is 0.254 e. The third-order valence-electron chi connectivity index (χ3n) is 4.81. The number of aromatic nitrogens is 2. The van der Waals surface area contributed by atoms with Crippen LogP contribution in [0.3, 0.4) is 0 Å². The first kappa shape index (κ1) is 16.6. The van der Waals surface area contributed by atoms with Crippen LogP contribution in [0.25, 0.3) is 11.0 Å². The number of para-hydroxylation sites is 2. The van der Waals surface area contributed by atoms with Gasteiger partial charge in [-0.25, -0.2) is 4.98 Å². The van der Waals surface area contributed by atoms with E-state index >= 15 is 0 Å². The largest absolute Gasteiger partial charge is 0.494 e. The lowest BCUT2D eigenvalue weighted by molar-refractivity contribution is 0.0730. The first-order valence-electron chi connectivity index (χ1n) is 9.24. The van der Waals surface area contributed by atoms with E-state index < -0.39 is 0 Å². The predicted molar refractivity (Wildman–Crippen MR) is 101 cm³/mol. The number of hydrogen-bond acceptors (Lipinski definition) is 3. The molecule has 1 aliphatic heterocycles. The van der Waals surface area contributed by atoms with Gasteiger partial charge in [0.05, 0.1) is 23.7 Å². The minimum absolute atomic E-state index is 0.00548. The second-order valence-electron chi connectivity index (χ2n) is 6.67. The van der Waals surface area contributed by atoms with Gasteiger partial charge in [0, 0.05) is 12.1 Å². The second-order valence-corrected chi connectivity index (χ2v) is 6.67. The average Bonchev–Trinajstić information content (AvgIpc) is 3.32. The quantitative estimate of drug-likeness (QED) is 0.746. The van der Waals surface area contributed by atoms with Crippen LogP contribution in [0.2, 0.25) is 0 Å². The van der Waals surface area contributed by atoms with Gasteiger partial charge in [-0.2, -0.15) is 0 Å². The summed E-state index contributed by atoms with van der Waals surface area (Å²) in [5, 5.41) is 0. The number of aromatic amines is 1. The fourth-order valence-corrected chi connectivity index (χ4v) is 3.50. The van der Waals surface area contributed by atoms with Gasteiger partial charge in [0.25, 0.3) is 5.91 Å². The zero-order chi connectivity index (χ0) is 17.9. The number of hydrogen-bond donors (Lipinski definition) is 1. The van der Waals surface area contributed by atoms with E-state index in [0.29, 0.717) is 12.2 Å². The van der Waals surface area contributed by atoms with E-state index in [1.165, 1.54) is 0 Å². The molecule has 1 amide bonds. The van der Waals surface area contributed by atoms with Crippen molar-refractivity contribution in [3.8, 4) is 5.75 Å². The summed E-state index contributed by atoms with van der Waals surface area (Å²) in [4.78, 5) is 23.0. The van der Waals surface area contributed by atoms with E-state index in [1.807, 2.05) is 53.4 Å². The monoisotopic (exact) mass is 349 g/mol. The Labute approximate surface area is 153 Å². The summed E-state index contributed by atoms with van der Waals surface area (Å²) in [6, 6.07) is 15.4. The molecule has 0 bridgehead atoms. The topological polar surface area (TPSA) is 58.2 Å². The van der Waals surface area contributed by atoms with E-state index in [9.17, 15) is 4.79 Å². The molecule has 5 heteroatoms. The van der Waals surface area contributed by atoms with E-state index in [0.717, 1.165) is 48.4 Å². The Morgan fingerprint density at radius 1 is 1.23 bits per heavy atom. The van der Waals surface area contributed by atoms with Crippen molar-refractivity contribution in [2.75, 3.05) is 13.2 Å². The summed E-state index contributed by atoms with van der Waals surface area (Å²) in [6.45, 7) is 3.52. The van der Waals surface area contributed by atoms with Gasteiger partial charge >= 0.3 is 0 Å². The van der Waals surface area contributed by atoms with Crippen molar-refractivity contribution in [1.82, 2.24) is 14.9 Å². The van der Waals surface area contributed by atoms with Crippen LogP contribution in [0.5, 0.6) is 5.75 Å². The summed E-state index contributed by atoms with van der Waals surface area (Å²) >= 11 is 0. The number of carbonyl (C=O) groups excluding carboxylic acids is 1. The molecule has 0 spiro atoms. The van der Waals surface area contributed by atoms with Crippen LogP contribution in [-0.4, -0.2) is 33.9 Å². The molecule has 1 N–H and O–H groups in total. The number of rotatable bonds is 5. The van der Waals surface area contributed by atoms with Crippen molar-refractivity contribution in [2.24, 2.45) is 0 Å². The first-order valence-corrected chi connectivity index (χ1v) is 9.24. The van der Waals surface area contributed by atoms with Gasteiger partial charge in [0.15, 0.2) is 0 Å². The summed E-state index contributed by atoms with van der Waals surface area (Å²) < 4.78 is 5.60. The summed E-state index contributed by atoms with van der Waals surface area (Å²) in [5.74, 6) is 1.73. The summed E-state index contributed by atoms with van der Waals surface area (Å²) in [7, 11) is 0. The molecule has 2 aromatic carbocycles. The molecule has 1 aromatic heterocycles. The SMILES string of the molecule is CCCOc1ccc(C(=O)N2CCC[C@@H]2c2nc3ccccc3[nH]2)cc1. The number of imidazole rings is 1. The number of nitrogens with one attached hydrogen (secondary N) is 1. The normalized spacial score (nSPS) is 17.0. The molecule has 1 aliphatic rings. The average molecular weight is 349 g/mol. The molecule has 1 atom stereocenters. The molecule has 4 rings (SSSR count). The van der Waals surface area contributed by atoms with Crippen LogP contribution in [0.15, 0.2) is 48.5 Å². The van der Waals surface area contributed by atoms with Gasteiger partial charge in [-0.1, -0.05) is 19.1 Å². The van der Waals surface area contributed by atoms with Crippen molar-refractivity contribution >= 4 is 16.9 Å². The molecule has 5 nitrogen and oxygen atoms in total. The predicted octanol–water partition coefficient (Wildman–Crippen LogP) is 4.33. The molecule has 134 valence electrons. The molecule has 26 heavy (non-hydrogen) atoms. The van der Waals surface area contributed by atoms with E-state index in [2.05, 4.69) is 11.9 Å². The molecule has 1 fully saturated rings. The Morgan fingerprint density at radius 3 is 2.81 bits per heavy atom. The zero-order valence-corrected chi connectivity index (χ0v) is 14.9. The molecule has 0 saturated carbocycles. The van der Waals surface area contributed by atoms with Gasteiger partial charge in [0.2, 0.25) is 0 Å². The molecular weight excluding hydrogens is 326 g/mol. The minimum Gasteiger partial charge on any atom is -0.494 e. The standard InChI is InChI=1S/C21H23N3O2/c1-2-14-26-16-11-9-15(10-12-16)21(25)24-13-5-8-19(24)20-22-17-6-3-4-7-18(17)23-20/h3-4,6-7,9-12,19H,2,5,8,13-14H2,1H3,(H,22,23)/t19-/m1/s1. The van der Waals surface area contributed by atoms with Gasteiger partial charge in [-0.05, 0) is 55.7 Å².